The van der Waals surface area contributed by atoms with Crippen LogP contribution in [0, 0.1) is 0 Å². The average molecular weight is 785 g/mol. The van der Waals surface area contributed by atoms with Crippen LogP contribution in [0.3, 0.4) is 0 Å². The molecular weight excluding hydrogens is 737 g/mol. The number of hydrogen-bond acceptors (Lipinski definition) is 5. The van der Waals surface area contributed by atoms with Gasteiger partial charge in [0.05, 0.1) is 11.8 Å². The molecule has 5 heterocycles. The Morgan fingerprint density at radius 2 is 0.833 bits per heavy atom. The first-order valence-corrected chi connectivity index (χ1v) is 19.1. The largest absolute Gasteiger partial charge is 0.464 e. The van der Waals surface area contributed by atoms with Crippen molar-refractivity contribution in [2.45, 2.75) is 7.43 Å². The highest BCUT2D eigenvalue weighted by molar-refractivity contribution is 5.82. The zero-order chi connectivity index (χ0) is 40.4. The van der Waals surface area contributed by atoms with Crippen molar-refractivity contribution >= 4 is 54.6 Å². The molecule has 6 heteroatoms. The summed E-state index contributed by atoms with van der Waals surface area (Å²) in [4.78, 5) is 15.0. The molecule has 0 radical (unpaired) electrons. The Balaban J connectivity index is 0.000000133. The van der Waals surface area contributed by atoms with Gasteiger partial charge in [0.2, 0.25) is 0 Å². The van der Waals surface area contributed by atoms with Crippen LogP contribution in [-0.4, -0.2) is 19.9 Å². The molecule has 0 bridgehead atoms. The van der Waals surface area contributed by atoms with E-state index in [9.17, 15) is 0 Å². The lowest BCUT2D eigenvalue weighted by molar-refractivity contribution is 0.602. The number of aromatic amines is 1. The second kappa shape index (κ2) is 25.2. The summed E-state index contributed by atoms with van der Waals surface area (Å²) in [7, 11) is 0. The van der Waals surface area contributed by atoms with E-state index in [-0.39, 0.29) is 7.43 Å². The Morgan fingerprint density at radius 1 is 0.333 bits per heavy atom. The van der Waals surface area contributed by atoms with Crippen molar-refractivity contribution in [2.75, 3.05) is 0 Å². The molecule has 5 aromatic heterocycles. The molecule has 12 aromatic rings. The van der Waals surface area contributed by atoms with Gasteiger partial charge in [0, 0.05) is 41.1 Å². The molecule has 0 aliphatic heterocycles. The molecule has 6 nitrogen and oxygen atoms in total. The van der Waals surface area contributed by atoms with Gasteiger partial charge in [-0.05, 0) is 76.8 Å². The number of para-hydroxylation sites is 5. The van der Waals surface area contributed by atoms with Crippen LogP contribution < -0.4 is 0 Å². The van der Waals surface area contributed by atoms with E-state index >= 15 is 0 Å². The monoisotopic (exact) mass is 784 g/mol. The van der Waals surface area contributed by atoms with E-state index in [0.29, 0.717) is 0 Å². The van der Waals surface area contributed by atoms with E-state index in [1.165, 1.54) is 33.5 Å². The predicted octanol–water partition coefficient (Wildman–Crippen LogP) is 14.9. The Hall–Kier alpha value is -8.09. The third kappa shape index (κ3) is 14.4. The van der Waals surface area contributed by atoms with Crippen molar-refractivity contribution in [2.24, 2.45) is 0 Å². The topological polar surface area (TPSA) is 80.7 Å². The summed E-state index contributed by atoms with van der Waals surface area (Å²) in [6.07, 6.45) is 10.4. The SMILES string of the molecule is C.c1ccc2[nH]ccc2c1.c1ccc2ccccc2c1.c1ccc2ncccc2c1.c1ccc2occc2c1.c1ccc2ocnc2c1.c1ccccc1.c1ccncc1. The van der Waals surface area contributed by atoms with Crippen molar-refractivity contribution in [1.29, 1.82) is 0 Å². The number of nitrogens with one attached hydrogen (secondary N) is 1. The van der Waals surface area contributed by atoms with E-state index in [4.69, 9.17) is 8.83 Å². The lowest BCUT2D eigenvalue weighted by Crippen LogP contribution is -1.73. The van der Waals surface area contributed by atoms with E-state index in [1.807, 2.05) is 158 Å². The second-order valence-corrected chi connectivity index (χ2v) is 12.6. The third-order valence-electron chi connectivity index (χ3n) is 8.46. The zero-order valence-corrected chi connectivity index (χ0v) is 32.5. The highest BCUT2D eigenvalue weighted by Crippen LogP contribution is 2.14. The number of fused-ring (bicyclic) bond motifs is 5. The molecule has 0 aliphatic carbocycles. The van der Waals surface area contributed by atoms with Gasteiger partial charge in [0.15, 0.2) is 12.0 Å². The minimum atomic E-state index is 0. The van der Waals surface area contributed by atoms with Gasteiger partial charge in [-0.15, -0.1) is 0 Å². The summed E-state index contributed by atoms with van der Waals surface area (Å²) >= 11 is 0. The molecule has 1 N–H and O–H groups in total. The van der Waals surface area contributed by atoms with Gasteiger partial charge in [-0.2, -0.15) is 0 Å². The first kappa shape index (κ1) is 43.0. The first-order valence-electron chi connectivity index (χ1n) is 19.1. The molecule has 0 spiro atoms. The summed E-state index contributed by atoms with van der Waals surface area (Å²) in [5.41, 5.74) is 4.98. The predicted molar refractivity (Wildman–Crippen MR) is 252 cm³/mol. The van der Waals surface area contributed by atoms with Gasteiger partial charge in [-0.25, -0.2) is 4.98 Å². The van der Waals surface area contributed by atoms with Gasteiger partial charge >= 0.3 is 0 Å². The van der Waals surface area contributed by atoms with Crippen LogP contribution in [-0.2, 0) is 0 Å². The van der Waals surface area contributed by atoms with Crippen LogP contribution >= 0.6 is 0 Å². The Bertz CT molecular complexity index is 2390. The number of pyridine rings is 2. The normalized spacial score (nSPS) is 9.53. The Kier molecular flexibility index (Phi) is 18.1. The molecule has 0 saturated heterocycles. The number of benzene rings is 7. The number of furan rings is 1. The number of aromatic nitrogens is 4. The second-order valence-electron chi connectivity index (χ2n) is 12.6. The van der Waals surface area contributed by atoms with Crippen molar-refractivity contribution in [3.63, 3.8) is 0 Å². The molecule has 0 amide bonds. The van der Waals surface area contributed by atoms with Gasteiger partial charge in [0.1, 0.15) is 11.1 Å². The first-order chi connectivity index (χ1) is 29.3. The maximum absolute atomic E-state index is 5.12. The highest BCUT2D eigenvalue weighted by Gasteiger charge is 1.92. The molecule has 0 saturated carbocycles. The van der Waals surface area contributed by atoms with E-state index in [2.05, 4.69) is 98.8 Å². The van der Waals surface area contributed by atoms with Crippen molar-refractivity contribution in [1.82, 2.24) is 19.9 Å². The fraction of sp³-hybridized carbons (Fsp3) is 0.0185. The quantitative estimate of drug-likeness (QED) is 0.166. The van der Waals surface area contributed by atoms with Gasteiger partial charge in [0.25, 0.3) is 0 Å². The number of oxazole rings is 1. The standard InChI is InChI=1S/C10H8.C9H7N.C8H7N.C8H6O.C7H5NO.C6H6.C5H5N.CH4/c1-2-6-10-8-4-3-7-9(10)5-1;1-2-6-9-8(4-1)5-3-7-10-9;2*1-2-4-8-7(3-1)5-6-9-8;1-2-4-7-6(3-1)8-5-9-7;2*1-2-4-6-5-3-1;/h1-8H;1-7H;1-6,9H;1-6H;1-5H;1-6H;1-5H;1H4. The molecule has 12 rings (SSSR count). The van der Waals surface area contributed by atoms with Crippen LogP contribution in [0.25, 0.3) is 54.6 Å². The third-order valence-corrected chi connectivity index (χ3v) is 8.46. The molecule has 0 atom stereocenters. The molecule has 60 heavy (non-hydrogen) atoms. The molecule has 296 valence electrons. The van der Waals surface area contributed by atoms with Gasteiger partial charge < -0.3 is 13.8 Å². The summed E-state index contributed by atoms with van der Waals surface area (Å²) in [5.74, 6) is 0. The van der Waals surface area contributed by atoms with E-state index in [0.717, 1.165) is 27.6 Å². The fourth-order valence-corrected chi connectivity index (χ4v) is 5.55. The number of H-pyrrole nitrogens is 1. The highest BCUT2D eigenvalue weighted by atomic mass is 16.3. The average Bonchev–Trinajstić information content (AvgIpc) is 4.14. The lowest BCUT2D eigenvalue weighted by Gasteiger charge is -1.92. The molecule has 0 fully saturated rings. The Labute approximate surface area is 351 Å². The molecular formula is C54H48N4O2. The summed E-state index contributed by atoms with van der Waals surface area (Å²) in [5, 5.41) is 6.26. The smallest absolute Gasteiger partial charge is 0.181 e. The van der Waals surface area contributed by atoms with Crippen LogP contribution in [0.4, 0.5) is 0 Å². The Morgan fingerprint density at radius 3 is 1.38 bits per heavy atom. The molecule has 0 unspecified atom stereocenters. The zero-order valence-electron chi connectivity index (χ0n) is 32.5. The van der Waals surface area contributed by atoms with Crippen LogP contribution in [0.5, 0.6) is 0 Å². The van der Waals surface area contributed by atoms with Crippen molar-refractivity contribution in [3.8, 4) is 0 Å². The number of nitrogens with zero attached hydrogens (tertiary/aromatic N) is 3. The van der Waals surface area contributed by atoms with Gasteiger partial charge in [-0.1, -0.05) is 171 Å². The summed E-state index contributed by atoms with van der Waals surface area (Å²) < 4.78 is 10.1. The van der Waals surface area contributed by atoms with Crippen LogP contribution in [0.2, 0.25) is 0 Å². The number of rotatable bonds is 0. The van der Waals surface area contributed by atoms with Crippen molar-refractivity contribution in [3.05, 3.63) is 262 Å². The minimum absolute atomic E-state index is 0. The van der Waals surface area contributed by atoms with Crippen LogP contribution in [0.15, 0.2) is 271 Å². The molecule has 7 aromatic carbocycles. The minimum Gasteiger partial charge on any atom is -0.464 e. The fourth-order valence-electron chi connectivity index (χ4n) is 5.55. The van der Waals surface area contributed by atoms with Gasteiger partial charge in [-0.3, -0.25) is 9.97 Å². The lowest BCUT2D eigenvalue weighted by atomic mass is 10.1. The maximum atomic E-state index is 5.12. The van der Waals surface area contributed by atoms with Crippen molar-refractivity contribution < 1.29 is 8.83 Å². The summed E-state index contributed by atoms with van der Waals surface area (Å²) in [6, 6.07) is 74.4. The van der Waals surface area contributed by atoms with E-state index < -0.39 is 0 Å². The number of hydrogen-bond donors (Lipinski definition) is 1. The van der Waals surface area contributed by atoms with Crippen LogP contribution in [0.1, 0.15) is 7.43 Å². The summed E-state index contributed by atoms with van der Waals surface area (Å²) in [6.45, 7) is 0. The molecule has 0 aliphatic rings. The maximum Gasteiger partial charge on any atom is 0.181 e. The van der Waals surface area contributed by atoms with E-state index in [1.54, 1.807) is 18.7 Å².